The molecule has 5 nitrogen and oxygen atoms in total. The third-order valence-corrected chi connectivity index (χ3v) is 3.96. The first kappa shape index (κ1) is 15.9. The van der Waals surface area contributed by atoms with Crippen LogP contribution < -0.4 is 10.8 Å². The summed E-state index contributed by atoms with van der Waals surface area (Å²) in [6.07, 6.45) is 3.84. The molecule has 0 spiro atoms. The molecule has 0 aliphatic heterocycles. The van der Waals surface area contributed by atoms with E-state index in [2.05, 4.69) is 5.32 Å². The first-order valence-electron chi connectivity index (χ1n) is 6.73. The molecule has 0 radical (unpaired) electrons. The molecule has 0 atom stereocenters. The second-order valence-corrected chi connectivity index (χ2v) is 5.62. The smallest absolute Gasteiger partial charge is 0.284 e. The third kappa shape index (κ3) is 4.83. The molecule has 114 valence electrons. The van der Waals surface area contributed by atoms with Crippen molar-refractivity contribution in [1.29, 1.82) is 0 Å². The molecule has 0 saturated carbocycles. The van der Waals surface area contributed by atoms with Crippen LogP contribution in [0.3, 0.4) is 0 Å². The van der Waals surface area contributed by atoms with Gasteiger partial charge in [0.05, 0.1) is 4.88 Å². The number of thiophene rings is 1. The van der Waals surface area contributed by atoms with E-state index in [9.17, 15) is 9.59 Å². The number of benzene rings is 1. The molecule has 0 bridgehead atoms. The largest absolute Gasteiger partial charge is 0.352 e. The second kappa shape index (κ2) is 8.11. The number of carbonyl (C=O) groups is 2. The van der Waals surface area contributed by atoms with Gasteiger partial charge >= 0.3 is 0 Å². The van der Waals surface area contributed by atoms with Crippen LogP contribution in [0.2, 0.25) is 0 Å². The summed E-state index contributed by atoms with van der Waals surface area (Å²) in [5.41, 5.74) is 2.74. The predicted octanol–water partition coefficient (Wildman–Crippen LogP) is 2.24. The van der Waals surface area contributed by atoms with Crippen molar-refractivity contribution >= 4 is 29.2 Å². The highest BCUT2D eigenvalue weighted by molar-refractivity contribution is 7.14. The molecular formula is C16H16N2O3S. The molecule has 1 aromatic heterocycles. The second-order valence-electron chi connectivity index (χ2n) is 4.50. The summed E-state index contributed by atoms with van der Waals surface area (Å²) in [4.78, 5) is 24.0. The molecule has 0 aliphatic rings. The molecule has 0 fully saturated rings. The normalized spacial score (nSPS) is 10.6. The summed E-state index contributed by atoms with van der Waals surface area (Å²) in [7, 11) is 0. The number of carbonyl (C=O) groups excluding carboxylic acids is 2. The summed E-state index contributed by atoms with van der Waals surface area (Å²) in [6, 6.07) is 13.2. The van der Waals surface area contributed by atoms with E-state index < -0.39 is 5.91 Å². The molecule has 0 aliphatic carbocycles. The maximum Gasteiger partial charge on any atom is 0.284 e. The lowest BCUT2D eigenvalue weighted by Crippen LogP contribution is -2.23. The average molecular weight is 316 g/mol. The number of hydrogen-bond acceptors (Lipinski definition) is 4. The van der Waals surface area contributed by atoms with Crippen LogP contribution in [0.5, 0.6) is 0 Å². The zero-order valence-electron chi connectivity index (χ0n) is 11.8. The van der Waals surface area contributed by atoms with Crippen LogP contribution in [0.4, 0.5) is 0 Å². The van der Waals surface area contributed by atoms with E-state index in [0.717, 1.165) is 11.3 Å². The fraction of sp³-hybridized carbons (Fsp3) is 0.125. The zero-order chi connectivity index (χ0) is 15.8. The Morgan fingerprint density at radius 2 is 1.91 bits per heavy atom. The predicted molar refractivity (Wildman–Crippen MR) is 85.8 cm³/mol. The molecule has 1 aromatic carbocycles. The van der Waals surface area contributed by atoms with Crippen molar-refractivity contribution in [3.63, 3.8) is 0 Å². The van der Waals surface area contributed by atoms with E-state index in [1.807, 2.05) is 30.3 Å². The number of nitrogens with one attached hydrogen (secondary N) is 2. The minimum Gasteiger partial charge on any atom is -0.352 e. The maximum atomic E-state index is 11.7. The van der Waals surface area contributed by atoms with Crippen LogP contribution in [0, 0.1) is 0 Å². The highest BCUT2D eigenvalue weighted by Crippen LogP contribution is 2.17. The van der Waals surface area contributed by atoms with Crippen LogP contribution in [0.15, 0.2) is 48.5 Å². The van der Waals surface area contributed by atoms with Crippen molar-refractivity contribution in [3.8, 4) is 0 Å². The molecule has 1 heterocycles. The average Bonchev–Trinajstić information content (AvgIpc) is 3.02. The van der Waals surface area contributed by atoms with Gasteiger partial charge in [-0.25, -0.2) is 5.48 Å². The Balaban J connectivity index is 1.79. The minimum atomic E-state index is -0.558. The van der Waals surface area contributed by atoms with Gasteiger partial charge in [0.15, 0.2) is 0 Å². The van der Waals surface area contributed by atoms with Crippen LogP contribution in [0.1, 0.15) is 20.1 Å². The van der Waals surface area contributed by atoms with Gasteiger partial charge in [-0.3, -0.25) is 14.8 Å². The zero-order valence-corrected chi connectivity index (χ0v) is 12.6. The van der Waals surface area contributed by atoms with E-state index in [4.69, 9.17) is 5.21 Å². The molecule has 22 heavy (non-hydrogen) atoms. The van der Waals surface area contributed by atoms with Crippen LogP contribution in [-0.2, 0) is 11.2 Å². The first-order valence-corrected chi connectivity index (χ1v) is 7.55. The molecule has 2 amide bonds. The number of amides is 2. The molecular weight excluding hydrogens is 300 g/mol. The Labute approximate surface area is 132 Å². The van der Waals surface area contributed by atoms with Crippen molar-refractivity contribution < 1.29 is 14.8 Å². The van der Waals surface area contributed by atoms with Crippen molar-refractivity contribution in [2.45, 2.75) is 6.42 Å². The number of rotatable bonds is 6. The Bertz CT molecular complexity index is 665. The van der Waals surface area contributed by atoms with E-state index >= 15 is 0 Å². The Kier molecular flexibility index (Phi) is 5.88. The Hall–Kier alpha value is -2.44. The molecule has 0 unspecified atom stereocenters. The minimum absolute atomic E-state index is 0.183. The van der Waals surface area contributed by atoms with Crippen molar-refractivity contribution in [3.05, 3.63) is 63.9 Å². The van der Waals surface area contributed by atoms with Gasteiger partial charge in [-0.05, 0) is 30.2 Å². The van der Waals surface area contributed by atoms with Crippen LogP contribution >= 0.6 is 11.3 Å². The van der Waals surface area contributed by atoms with Gasteiger partial charge in [0.2, 0.25) is 5.91 Å². The van der Waals surface area contributed by atoms with Gasteiger partial charge in [-0.1, -0.05) is 30.3 Å². The Morgan fingerprint density at radius 1 is 1.14 bits per heavy atom. The van der Waals surface area contributed by atoms with Crippen molar-refractivity contribution in [2.24, 2.45) is 0 Å². The lowest BCUT2D eigenvalue weighted by molar-refractivity contribution is -0.116. The summed E-state index contributed by atoms with van der Waals surface area (Å²) < 4.78 is 0. The van der Waals surface area contributed by atoms with Crippen LogP contribution in [0.25, 0.3) is 6.08 Å². The van der Waals surface area contributed by atoms with Crippen LogP contribution in [-0.4, -0.2) is 23.6 Å². The lowest BCUT2D eigenvalue weighted by atomic mass is 10.1. The fourth-order valence-electron chi connectivity index (χ4n) is 1.81. The van der Waals surface area contributed by atoms with Crippen molar-refractivity contribution in [1.82, 2.24) is 10.8 Å². The fourth-order valence-corrected chi connectivity index (χ4v) is 2.61. The van der Waals surface area contributed by atoms with Gasteiger partial charge < -0.3 is 5.32 Å². The summed E-state index contributed by atoms with van der Waals surface area (Å²) in [5.74, 6) is -0.741. The number of hydrogen-bond donors (Lipinski definition) is 3. The van der Waals surface area contributed by atoms with E-state index in [0.29, 0.717) is 11.4 Å². The monoisotopic (exact) mass is 316 g/mol. The lowest BCUT2D eigenvalue weighted by Gasteiger charge is -2.02. The topological polar surface area (TPSA) is 78.4 Å². The van der Waals surface area contributed by atoms with Gasteiger partial charge in [0.25, 0.3) is 5.91 Å². The first-order chi connectivity index (χ1) is 10.7. The molecule has 2 aromatic rings. The molecule has 2 rings (SSSR count). The van der Waals surface area contributed by atoms with Gasteiger partial charge in [-0.2, -0.15) is 0 Å². The standard InChI is InChI=1S/C16H16N2O3S/c19-15(17-11-10-12-4-2-1-3-5-12)9-7-13-6-8-14(22-13)16(20)18-21/h1-9,21H,10-11H2,(H,17,19)(H,18,20). The maximum absolute atomic E-state index is 11.7. The third-order valence-electron chi connectivity index (χ3n) is 2.91. The summed E-state index contributed by atoms with van der Waals surface area (Å²) in [5, 5.41) is 11.3. The SMILES string of the molecule is O=C(C=Cc1ccc(C(=O)NO)s1)NCCc1ccccc1. The Morgan fingerprint density at radius 3 is 2.64 bits per heavy atom. The van der Waals surface area contributed by atoms with E-state index in [1.54, 1.807) is 23.7 Å². The molecule has 3 N–H and O–H groups in total. The number of hydroxylamine groups is 1. The van der Waals surface area contributed by atoms with Gasteiger partial charge in [0, 0.05) is 17.5 Å². The van der Waals surface area contributed by atoms with E-state index in [-0.39, 0.29) is 5.91 Å². The molecule has 0 saturated heterocycles. The van der Waals surface area contributed by atoms with Gasteiger partial charge in [0.1, 0.15) is 0 Å². The van der Waals surface area contributed by atoms with E-state index in [1.165, 1.54) is 23.0 Å². The summed E-state index contributed by atoms with van der Waals surface area (Å²) in [6.45, 7) is 0.565. The summed E-state index contributed by atoms with van der Waals surface area (Å²) >= 11 is 1.19. The molecule has 6 heteroatoms. The highest BCUT2D eigenvalue weighted by atomic mass is 32.1. The van der Waals surface area contributed by atoms with Gasteiger partial charge in [-0.15, -0.1) is 11.3 Å². The quantitative estimate of drug-likeness (QED) is 0.434. The highest BCUT2D eigenvalue weighted by Gasteiger charge is 2.06. The van der Waals surface area contributed by atoms with Crippen molar-refractivity contribution in [2.75, 3.05) is 6.54 Å².